The van der Waals surface area contributed by atoms with Crippen molar-refractivity contribution in [3.8, 4) is 0 Å². The molecule has 1 unspecified atom stereocenters. The van der Waals surface area contributed by atoms with Gasteiger partial charge in [0.05, 0.1) is 38.1 Å². The Balaban J connectivity index is 1.67. The summed E-state index contributed by atoms with van der Waals surface area (Å²) >= 11 is 4.88. The molecule has 0 aromatic heterocycles. The van der Waals surface area contributed by atoms with Crippen LogP contribution >= 0.6 is 12.2 Å². The summed E-state index contributed by atoms with van der Waals surface area (Å²) in [7, 11) is 1.43. The highest BCUT2D eigenvalue weighted by atomic mass is 32.1. The summed E-state index contributed by atoms with van der Waals surface area (Å²) in [5.41, 5.74) is 0.578. The fraction of sp³-hybridized carbons (Fsp3) is 0.389. The number of nitrogens with zero attached hydrogens (tertiary/aromatic N) is 4. The van der Waals surface area contributed by atoms with Gasteiger partial charge in [-0.25, -0.2) is 14.2 Å². The summed E-state index contributed by atoms with van der Waals surface area (Å²) in [4.78, 5) is 37.8. The van der Waals surface area contributed by atoms with Crippen LogP contribution in [0.3, 0.4) is 0 Å². The molecule has 1 atom stereocenters. The SMILES string of the molecule is COC(=S)NCC1CN(c2ccc(N3C=NN(C(=O)C(C)=O)CC3)c(F)c2)C(=O)O1. The molecule has 160 valence electrons. The van der Waals surface area contributed by atoms with Gasteiger partial charge in [0.25, 0.3) is 5.17 Å². The highest BCUT2D eigenvalue weighted by molar-refractivity contribution is 7.80. The number of methoxy groups -OCH3 is 1. The minimum atomic E-state index is -0.718. The molecule has 1 aromatic carbocycles. The number of halogens is 1. The first kappa shape index (κ1) is 21.4. The van der Waals surface area contributed by atoms with Crippen molar-refractivity contribution in [1.82, 2.24) is 10.3 Å². The Labute approximate surface area is 177 Å². The first-order valence-electron chi connectivity index (χ1n) is 9.03. The van der Waals surface area contributed by atoms with Gasteiger partial charge in [-0.15, -0.1) is 0 Å². The molecule has 0 bridgehead atoms. The van der Waals surface area contributed by atoms with E-state index in [4.69, 9.17) is 21.7 Å². The average molecular weight is 437 g/mol. The molecule has 1 fully saturated rings. The Hall–Kier alpha value is -3.28. The summed E-state index contributed by atoms with van der Waals surface area (Å²) < 4.78 is 24.8. The van der Waals surface area contributed by atoms with Gasteiger partial charge in [0, 0.05) is 13.5 Å². The fourth-order valence-corrected chi connectivity index (χ4v) is 3.05. The molecule has 3 rings (SSSR count). The van der Waals surface area contributed by atoms with Gasteiger partial charge in [-0.1, -0.05) is 0 Å². The lowest BCUT2D eigenvalue weighted by atomic mass is 10.2. The normalized spacial score (nSPS) is 18.3. The van der Waals surface area contributed by atoms with E-state index >= 15 is 0 Å². The number of cyclic esters (lactones) is 1. The maximum atomic E-state index is 14.7. The maximum Gasteiger partial charge on any atom is 0.414 e. The Morgan fingerprint density at radius 3 is 2.77 bits per heavy atom. The lowest BCUT2D eigenvalue weighted by Gasteiger charge is -2.28. The second-order valence-electron chi connectivity index (χ2n) is 6.53. The minimum absolute atomic E-state index is 0.145. The molecule has 2 aliphatic heterocycles. The van der Waals surface area contributed by atoms with E-state index in [1.807, 2.05) is 0 Å². The van der Waals surface area contributed by atoms with Gasteiger partial charge in [-0.05, 0) is 30.4 Å². The van der Waals surface area contributed by atoms with Crippen molar-refractivity contribution in [3.05, 3.63) is 24.0 Å². The molecule has 0 radical (unpaired) electrons. The number of ether oxygens (including phenoxy) is 2. The smallest absolute Gasteiger partial charge is 0.414 e. The zero-order valence-electron chi connectivity index (χ0n) is 16.3. The van der Waals surface area contributed by atoms with Crippen molar-refractivity contribution in [2.45, 2.75) is 13.0 Å². The van der Waals surface area contributed by atoms with Crippen LogP contribution in [0.1, 0.15) is 6.92 Å². The van der Waals surface area contributed by atoms with Gasteiger partial charge in [0.15, 0.2) is 0 Å². The van der Waals surface area contributed by atoms with Crippen LogP contribution in [-0.2, 0) is 19.1 Å². The van der Waals surface area contributed by atoms with Crippen LogP contribution < -0.4 is 15.1 Å². The van der Waals surface area contributed by atoms with E-state index in [0.29, 0.717) is 5.69 Å². The zero-order valence-corrected chi connectivity index (χ0v) is 17.1. The van der Waals surface area contributed by atoms with E-state index in [2.05, 4.69) is 10.4 Å². The topological polar surface area (TPSA) is 104 Å². The molecule has 30 heavy (non-hydrogen) atoms. The summed E-state index contributed by atoms with van der Waals surface area (Å²) in [5, 5.41) is 7.93. The summed E-state index contributed by atoms with van der Waals surface area (Å²) in [6.45, 7) is 2.07. The zero-order chi connectivity index (χ0) is 21.8. The number of carbonyl (C=O) groups is 3. The molecule has 0 saturated carbocycles. The van der Waals surface area contributed by atoms with Crippen molar-refractivity contribution >= 4 is 52.9 Å². The predicted octanol–water partition coefficient (Wildman–Crippen LogP) is 0.853. The molecule has 0 aliphatic carbocycles. The molecular weight excluding hydrogens is 417 g/mol. The molecular formula is C18H20FN5O5S. The van der Waals surface area contributed by atoms with Crippen LogP contribution in [0.2, 0.25) is 0 Å². The number of carbonyl (C=O) groups excluding carboxylic acids is 3. The third kappa shape index (κ3) is 4.64. The largest absolute Gasteiger partial charge is 0.474 e. The first-order chi connectivity index (χ1) is 14.3. The Kier molecular flexibility index (Phi) is 6.45. The van der Waals surface area contributed by atoms with E-state index in [9.17, 15) is 18.8 Å². The molecule has 0 spiro atoms. The van der Waals surface area contributed by atoms with Crippen LogP contribution in [0.5, 0.6) is 0 Å². The number of thiocarbonyl (C=S) groups is 1. The van der Waals surface area contributed by atoms with Crippen LogP contribution in [-0.4, -0.2) is 73.7 Å². The van der Waals surface area contributed by atoms with E-state index < -0.39 is 29.7 Å². The number of hydrogen-bond acceptors (Lipinski definition) is 8. The maximum absolute atomic E-state index is 14.7. The monoisotopic (exact) mass is 437 g/mol. The van der Waals surface area contributed by atoms with Gasteiger partial charge in [-0.2, -0.15) is 5.10 Å². The molecule has 1 saturated heterocycles. The van der Waals surface area contributed by atoms with Crippen LogP contribution in [0, 0.1) is 5.82 Å². The number of hydrogen-bond donors (Lipinski definition) is 1. The molecule has 2 amide bonds. The Bertz CT molecular complexity index is 911. The van der Waals surface area contributed by atoms with Crippen molar-refractivity contribution in [2.24, 2.45) is 5.10 Å². The first-order valence-corrected chi connectivity index (χ1v) is 9.43. The highest BCUT2D eigenvalue weighted by Gasteiger charge is 2.33. The molecule has 10 nitrogen and oxygen atoms in total. The average Bonchev–Trinajstić information content (AvgIpc) is 3.12. The van der Waals surface area contributed by atoms with E-state index in [0.717, 1.165) is 5.01 Å². The number of benzene rings is 1. The number of rotatable bonds is 5. The van der Waals surface area contributed by atoms with E-state index in [1.165, 1.54) is 42.3 Å². The fourth-order valence-electron chi connectivity index (χ4n) is 2.97. The van der Waals surface area contributed by atoms with E-state index in [1.54, 1.807) is 6.07 Å². The van der Waals surface area contributed by atoms with Gasteiger partial charge in [0.1, 0.15) is 18.3 Å². The standard InChI is InChI=1S/C18H20FN5O5S/c1-11(25)16(26)24-6-5-22(10-21-24)15-4-3-12(7-14(15)19)23-9-13(29-18(23)27)8-20-17(30)28-2/h3-4,7,10,13H,5-6,8-9H2,1-2H3,(H,20,30). The van der Waals surface area contributed by atoms with Crippen LogP contribution in [0.15, 0.2) is 23.3 Å². The second-order valence-corrected chi connectivity index (χ2v) is 6.90. The van der Waals surface area contributed by atoms with Crippen LogP contribution in [0.4, 0.5) is 20.6 Å². The van der Waals surface area contributed by atoms with Gasteiger partial charge in [0.2, 0.25) is 5.78 Å². The van der Waals surface area contributed by atoms with Crippen molar-refractivity contribution in [3.63, 3.8) is 0 Å². The number of anilines is 2. The van der Waals surface area contributed by atoms with Gasteiger partial charge >= 0.3 is 12.0 Å². The molecule has 2 heterocycles. The predicted molar refractivity (Wildman–Crippen MR) is 110 cm³/mol. The summed E-state index contributed by atoms with van der Waals surface area (Å²) in [6, 6.07) is 4.33. The molecule has 12 heteroatoms. The molecule has 1 aromatic rings. The van der Waals surface area contributed by atoms with Crippen molar-refractivity contribution < 1.29 is 28.2 Å². The third-order valence-corrected chi connectivity index (χ3v) is 4.82. The Morgan fingerprint density at radius 2 is 2.17 bits per heavy atom. The molecule has 1 N–H and O–H groups in total. The third-order valence-electron chi connectivity index (χ3n) is 4.50. The molecule has 2 aliphatic rings. The van der Waals surface area contributed by atoms with Crippen LogP contribution in [0.25, 0.3) is 0 Å². The van der Waals surface area contributed by atoms with Gasteiger partial charge < -0.3 is 19.7 Å². The van der Waals surface area contributed by atoms with Crippen molar-refractivity contribution in [1.29, 1.82) is 0 Å². The number of Topliss-reactive ketones (excluding diaryl/α,β-unsaturated/α-hetero) is 1. The number of nitrogens with one attached hydrogen (secondary N) is 1. The number of amides is 2. The second kappa shape index (κ2) is 9.03. The number of hydrazone groups is 1. The quantitative estimate of drug-likeness (QED) is 0.534. The summed E-state index contributed by atoms with van der Waals surface area (Å²) in [5.74, 6) is -1.91. The van der Waals surface area contributed by atoms with Crippen molar-refractivity contribution in [2.75, 3.05) is 43.1 Å². The lowest BCUT2D eigenvalue weighted by molar-refractivity contribution is -0.143. The summed E-state index contributed by atoms with van der Waals surface area (Å²) in [6.07, 6.45) is 0.231. The highest BCUT2D eigenvalue weighted by Crippen LogP contribution is 2.28. The van der Waals surface area contributed by atoms with E-state index in [-0.39, 0.29) is 37.0 Å². The Morgan fingerprint density at radius 1 is 1.40 bits per heavy atom. The minimum Gasteiger partial charge on any atom is -0.474 e. The lowest BCUT2D eigenvalue weighted by Crippen LogP contribution is -2.43. The van der Waals surface area contributed by atoms with Gasteiger partial charge in [-0.3, -0.25) is 14.5 Å². The number of ketones is 1.